The molecular formula is C24H25N3O3S2. The van der Waals surface area contributed by atoms with Gasteiger partial charge in [-0.15, -0.1) is 11.8 Å². The van der Waals surface area contributed by atoms with Gasteiger partial charge in [0.15, 0.2) is 5.11 Å². The zero-order valence-electron chi connectivity index (χ0n) is 18.0. The monoisotopic (exact) mass is 467 g/mol. The average molecular weight is 468 g/mol. The van der Waals surface area contributed by atoms with Crippen molar-refractivity contribution in [2.24, 2.45) is 0 Å². The molecule has 0 aliphatic heterocycles. The summed E-state index contributed by atoms with van der Waals surface area (Å²) in [6.07, 6.45) is 0. The fourth-order valence-corrected chi connectivity index (χ4v) is 4.07. The van der Waals surface area contributed by atoms with Crippen LogP contribution in [0.4, 0.5) is 17.1 Å². The number of carbonyl (C=O) groups excluding carboxylic acids is 1. The molecule has 0 aliphatic carbocycles. The van der Waals surface area contributed by atoms with E-state index in [0.717, 1.165) is 16.3 Å². The highest BCUT2D eigenvalue weighted by Gasteiger charge is 2.16. The standard InChI is InChI=1S/C24H25N3O3S2/c1-16(23(28)26-19-11-4-6-13-21(19)29-2)32-18-10-8-9-17(15-18)25-24(31)27-20-12-5-7-14-22(20)30-3/h4-16H,1-3H3,(H,26,28)(H2,25,27,31). The smallest absolute Gasteiger partial charge is 0.237 e. The lowest BCUT2D eigenvalue weighted by Gasteiger charge is -2.15. The summed E-state index contributed by atoms with van der Waals surface area (Å²) in [7, 11) is 3.19. The first-order chi connectivity index (χ1) is 15.5. The molecule has 0 aliphatic rings. The van der Waals surface area contributed by atoms with E-state index in [1.165, 1.54) is 11.8 Å². The number of thiocarbonyl (C=S) groups is 1. The van der Waals surface area contributed by atoms with Gasteiger partial charge in [0, 0.05) is 10.6 Å². The highest BCUT2D eigenvalue weighted by atomic mass is 32.2. The van der Waals surface area contributed by atoms with E-state index in [1.807, 2.05) is 79.7 Å². The molecule has 0 saturated heterocycles. The van der Waals surface area contributed by atoms with E-state index >= 15 is 0 Å². The second-order valence-corrected chi connectivity index (χ2v) is 8.58. The Labute approximate surface area is 197 Å². The van der Waals surface area contributed by atoms with Crippen LogP contribution in [-0.2, 0) is 4.79 Å². The molecule has 0 heterocycles. The lowest BCUT2D eigenvalue weighted by Crippen LogP contribution is -2.22. The molecule has 32 heavy (non-hydrogen) atoms. The minimum atomic E-state index is -0.311. The number of rotatable bonds is 8. The molecule has 3 N–H and O–H groups in total. The molecular weight excluding hydrogens is 442 g/mol. The molecule has 0 aromatic heterocycles. The maximum absolute atomic E-state index is 12.7. The van der Waals surface area contributed by atoms with E-state index in [2.05, 4.69) is 16.0 Å². The van der Waals surface area contributed by atoms with Crippen LogP contribution < -0.4 is 25.4 Å². The minimum Gasteiger partial charge on any atom is -0.495 e. The number of benzene rings is 3. The molecule has 0 radical (unpaired) electrons. The van der Waals surface area contributed by atoms with Crippen LogP contribution in [0.25, 0.3) is 0 Å². The van der Waals surface area contributed by atoms with E-state index in [0.29, 0.717) is 22.3 Å². The second kappa shape index (κ2) is 11.4. The topological polar surface area (TPSA) is 71.6 Å². The maximum Gasteiger partial charge on any atom is 0.237 e. The summed E-state index contributed by atoms with van der Waals surface area (Å²) in [5, 5.41) is 9.37. The first kappa shape index (κ1) is 23.4. The van der Waals surface area contributed by atoms with Gasteiger partial charge in [-0.2, -0.15) is 0 Å². The molecule has 6 nitrogen and oxygen atoms in total. The zero-order valence-corrected chi connectivity index (χ0v) is 19.7. The molecule has 1 unspecified atom stereocenters. The average Bonchev–Trinajstić information content (AvgIpc) is 2.80. The summed E-state index contributed by atoms with van der Waals surface area (Å²) in [4.78, 5) is 13.6. The van der Waals surface area contributed by atoms with Crippen molar-refractivity contribution in [2.75, 3.05) is 30.2 Å². The van der Waals surface area contributed by atoms with Crippen LogP contribution in [0, 0.1) is 0 Å². The number of amides is 1. The fraction of sp³-hybridized carbons (Fsp3) is 0.167. The highest BCUT2D eigenvalue weighted by Crippen LogP contribution is 2.29. The van der Waals surface area contributed by atoms with Crippen LogP contribution in [0.2, 0.25) is 0 Å². The third-order valence-corrected chi connectivity index (χ3v) is 5.79. The van der Waals surface area contributed by atoms with Gasteiger partial charge < -0.3 is 25.4 Å². The van der Waals surface area contributed by atoms with Crippen molar-refractivity contribution in [1.82, 2.24) is 0 Å². The predicted octanol–water partition coefficient (Wildman–Crippen LogP) is 5.63. The quantitative estimate of drug-likeness (QED) is 0.293. The Kier molecular flexibility index (Phi) is 8.35. The van der Waals surface area contributed by atoms with Gasteiger partial charge in [0.1, 0.15) is 11.5 Å². The summed E-state index contributed by atoms with van der Waals surface area (Å²) >= 11 is 6.89. The minimum absolute atomic E-state index is 0.105. The molecule has 3 aromatic rings. The Balaban J connectivity index is 1.60. The summed E-state index contributed by atoms with van der Waals surface area (Å²) in [6.45, 7) is 1.86. The van der Waals surface area contributed by atoms with Crippen molar-refractivity contribution in [3.63, 3.8) is 0 Å². The van der Waals surface area contributed by atoms with Crippen LogP contribution in [0.1, 0.15) is 6.92 Å². The highest BCUT2D eigenvalue weighted by molar-refractivity contribution is 8.00. The Bertz CT molecular complexity index is 1090. The SMILES string of the molecule is COc1ccccc1NC(=O)C(C)Sc1cccc(NC(=S)Nc2ccccc2OC)c1. The molecule has 0 spiro atoms. The number of anilines is 3. The summed E-state index contributed by atoms with van der Waals surface area (Å²) in [6, 6.07) is 22.6. The van der Waals surface area contributed by atoms with E-state index in [1.54, 1.807) is 14.2 Å². The number of nitrogens with one attached hydrogen (secondary N) is 3. The van der Waals surface area contributed by atoms with Crippen molar-refractivity contribution >= 4 is 52.1 Å². The predicted molar refractivity (Wildman–Crippen MR) is 136 cm³/mol. The first-order valence-corrected chi connectivity index (χ1v) is 11.2. The third kappa shape index (κ3) is 6.38. The van der Waals surface area contributed by atoms with Crippen LogP contribution in [0.5, 0.6) is 11.5 Å². The number of hydrogen-bond acceptors (Lipinski definition) is 5. The lowest BCUT2D eigenvalue weighted by molar-refractivity contribution is -0.115. The van der Waals surface area contributed by atoms with E-state index in [-0.39, 0.29) is 11.2 Å². The summed E-state index contributed by atoms with van der Waals surface area (Å²) < 4.78 is 10.6. The summed E-state index contributed by atoms with van der Waals surface area (Å²) in [5.74, 6) is 1.22. The van der Waals surface area contributed by atoms with Crippen LogP contribution in [-0.4, -0.2) is 30.5 Å². The fourth-order valence-electron chi connectivity index (χ4n) is 2.92. The molecule has 1 atom stereocenters. The Morgan fingerprint density at radius 1 is 0.844 bits per heavy atom. The molecule has 3 rings (SSSR count). The largest absolute Gasteiger partial charge is 0.495 e. The second-order valence-electron chi connectivity index (χ2n) is 6.76. The summed E-state index contributed by atoms with van der Waals surface area (Å²) in [5.41, 5.74) is 2.25. The molecule has 0 fully saturated rings. The van der Waals surface area contributed by atoms with Gasteiger partial charge in [0.25, 0.3) is 0 Å². The Morgan fingerprint density at radius 2 is 1.44 bits per heavy atom. The third-order valence-electron chi connectivity index (χ3n) is 4.49. The van der Waals surface area contributed by atoms with Crippen LogP contribution >= 0.6 is 24.0 Å². The van der Waals surface area contributed by atoms with Gasteiger partial charge in [-0.3, -0.25) is 4.79 Å². The molecule has 0 bridgehead atoms. The Hall–Kier alpha value is -3.23. The van der Waals surface area contributed by atoms with Crippen LogP contribution in [0.15, 0.2) is 77.7 Å². The number of methoxy groups -OCH3 is 2. The van der Waals surface area contributed by atoms with Crippen molar-refractivity contribution in [1.29, 1.82) is 0 Å². The number of thioether (sulfide) groups is 1. The molecule has 3 aromatic carbocycles. The van der Waals surface area contributed by atoms with Gasteiger partial charge in [0.05, 0.1) is 30.8 Å². The lowest BCUT2D eigenvalue weighted by atomic mass is 10.3. The van der Waals surface area contributed by atoms with Crippen molar-refractivity contribution in [3.8, 4) is 11.5 Å². The van der Waals surface area contributed by atoms with Crippen molar-refractivity contribution < 1.29 is 14.3 Å². The first-order valence-electron chi connectivity index (χ1n) is 9.91. The van der Waals surface area contributed by atoms with E-state index < -0.39 is 0 Å². The van der Waals surface area contributed by atoms with Gasteiger partial charge in [-0.05, 0) is 61.6 Å². The van der Waals surface area contributed by atoms with Crippen LogP contribution in [0.3, 0.4) is 0 Å². The maximum atomic E-state index is 12.7. The number of hydrogen-bond donors (Lipinski definition) is 3. The zero-order chi connectivity index (χ0) is 22.9. The van der Waals surface area contributed by atoms with Gasteiger partial charge in [0.2, 0.25) is 5.91 Å². The molecule has 1 amide bonds. The Morgan fingerprint density at radius 3 is 2.06 bits per heavy atom. The number of carbonyl (C=O) groups is 1. The van der Waals surface area contributed by atoms with E-state index in [9.17, 15) is 4.79 Å². The number of ether oxygens (including phenoxy) is 2. The van der Waals surface area contributed by atoms with Gasteiger partial charge >= 0.3 is 0 Å². The molecule has 8 heteroatoms. The van der Waals surface area contributed by atoms with Crippen molar-refractivity contribution in [3.05, 3.63) is 72.8 Å². The molecule has 166 valence electrons. The van der Waals surface area contributed by atoms with Crippen molar-refractivity contribution in [2.45, 2.75) is 17.1 Å². The number of para-hydroxylation sites is 4. The molecule has 0 saturated carbocycles. The van der Waals surface area contributed by atoms with Gasteiger partial charge in [-0.25, -0.2) is 0 Å². The van der Waals surface area contributed by atoms with E-state index in [4.69, 9.17) is 21.7 Å². The normalized spacial score (nSPS) is 11.2. The van der Waals surface area contributed by atoms with Gasteiger partial charge in [-0.1, -0.05) is 30.3 Å².